The van der Waals surface area contributed by atoms with Gasteiger partial charge in [-0.25, -0.2) is 0 Å². The summed E-state index contributed by atoms with van der Waals surface area (Å²) in [6.07, 6.45) is 2.27. The lowest BCUT2D eigenvalue weighted by atomic mass is 9.99. The molecule has 2 aliphatic rings. The molecule has 22 heavy (non-hydrogen) atoms. The number of benzene rings is 1. The highest BCUT2D eigenvalue weighted by molar-refractivity contribution is 7.08. The van der Waals surface area contributed by atoms with E-state index in [4.69, 9.17) is 9.47 Å². The van der Waals surface area contributed by atoms with Gasteiger partial charge in [-0.1, -0.05) is 6.07 Å². The van der Waals surface area contributed by atoms with Crippen LogP contribution in [-0.2, 0) is 5.41 Å². The zero-order valence-electron chi connectivity index (χ0n) is 12.1. The lowest BCUT2D eigenvalue weighted by Gasteiger charge is -2.21. The van der Waals surface area contributed by atoms with Crippen molar-refractivity contribution in [2.75, 3.05) is 19.8 Å². The lowest BCUT2D eigenvalue weighted by Crippen LogP contribution is -2.32. The van der Waals surface area contributed by atoms with E-state index in [0.29, 0.717) is 36.8 Å². The fourth-order valence-corrected chi connectivity index (χ4v) is 3.66. The van der Waals surface area contributed by atoms with Crippen LogP contribution in [0, 0.1) is 0 Å². The minimum Gasteiger partial charge on any atom is -0.486 e. The van der Waals surface area contributed by atoms with E-state index in [1.165, 1.54) is 5.56 Å². The van der Waals surface area contributed by atoms with Crippen LogP contribution in [0.4, 0.5) is 0 Å². The van der Waals surface area contributed by atoms with E-state index in [-0.39, 0.29) is 11.3 Å². The molecule has 5 heteroatoms. The highest BCUT2D eigenvalue weighted by Gasteiger charge is 2.44. The molecule has 1 aliphatic heterocycles. The second-order valence-corrected chi connectivity index (χ2v) is 6.58. The van der Waals surface area contributed by atoms with Crippen LogP contribution >= 0.6 is 11.3 Å². The van der Waals surface area contributed by atoms with Gasteiger partial charge in [-0.3, -0.25) is 4.79 Å². The van der Waals surface area contributed by atoms with Crippen molar-refractivity contribution in [3.05, 3.63) is 46.2 Å². The number of rotatable bonds is 4. The van der Waals surface area contributed by atoms with Gasteiger partial charge in [-0.2, -0.15) is 11.3 Å². The quantitative estimate of drug-likeness (QED) is 0.943. The minimum atomic E-state index is -0.0937. The third-order valence-corrected chi connectivity index (χ3v) is 5.07. The molecule has 0 spiro atoms. The van der Waals surface area contributed by atoms with E-state index < -0.39 is 0 Å². The van der Waals surface area contributed by atoms with E-state index in [1.807, 2.05) is 12.1 Å². The topological polar surface area (TPSA) is 47.6 Å². The minimum absolute atomic E-state index is 0.0937. The van der Waals surface area contributed by atoms with Crippen LogP contribution in [0.15, 0.2) is 35.0 Å². The molecule has 1 amide bonds. The molecular weight excluding hydrogens is 298 g/mol. The Balaban J connectivity index is 1.49. The zero-order chi connectivity index (χ0) is 15.0. The Hall–Kier alpha value is -2.01. The zero-order valence-corrected chi connectivity index (χ0v) is 12.9. The summed E-state index contributed by atoms with van der Waals surface area (Å²) in [5.41, 5.74) is 2.03. The summed E-state index contributed by atoms with van der Waals surface area (Å²) in [7, 11) is 0. The van der Waals surface area contributed by atoms with Crippen molar-refractivity contribution in [1.29, 1.82) is 0 Å². The van der Waals surface area contributed by atoms with Crippen LogP contribution in [0.5, 0.6) is 11.5 Å². The smallest absolute Gasteiger partial charge is 0.255 e. The van der Waals surface area contributed by atoms with Crippen LogP contribution in [0.3, 0.4) is 0 Å². The molecule has 4 rings (SSSR count). The molecule has 1 aromatic carbocycles. The molecule has 0 radical (unpaired) electrons. The van der Waals surface area contributed by atoms with Gasteiger partial charge in [-0.05, 0) is 47.4 Å². The van der Waals surface area contributed by atoms with E-state index >= 15 is 0 Å². The number of hydrogen-bond acceptors (Lipinski definition) is 4. The van der Waals surface area contributed by atoms with Crippen molar-refractivity contribution in [3.63, 3.8) is 0 Å². The Labute approximate surface area is 133 Å². The molecule has 2 aromatic rings. The van der Waals surface area contributed by atoms with Gasteiger partial charge in [-0.15, -0.1) is 0 Å². The van der Waals surface area contributed by atoms with Crippen LogP contribution in [-0.4, -0.2) is 25.7 Å². The second kappa shape index (κ2) is 5.32. The van der Waals surface area contributed by atoms with Crippen LogP contribution in [0.1, 0.15) is 28.8 Å². The Bertz CT molecular complexity index is 692. The van der Waals surface area contributed by atoms with E-state index in [1.54, 1.807) is 17.4 Å². The first-order valence-corrected chi connectivity index (χ1v) is 8.42. The first-order chi connectivity index (χ1) is 10.8. The van der Waals surface area contributed by atoms with Gasteiger partial charge in [0.25, 0.3) is 5.91 Å². The highest BCUT2D eigenvalue weighted by Crippen LogP contribution is 2.48. The maximum Gasteiger partial charge on any atom is 0.255 e. The maximum absolute atomic E-state index is 12.5. The molecule has 0 unspecified atom stereocenters. The summed E-state index contributed by atoms with van der Waals surface area (Å²) in [6.45, 7) is 1.68. The molecule has 1 saturated carbocycles. The van der Waals surface area contributed by atoms with E-state index in [0.717, 1.165) is 12.8 Å². The third kappa shape index (κ3) is 2.35. The molecule has 0 saturated heterocycles. The summed E-state index contributed by atoms with van der Waals surface area (Å²) >= 11 is 1.71. The number of carbonyl (C=O) groups is 1. The van der Waals surface area contributed by atoms with E-state index in [9.17, 15) is 4.79 Å². The normalized spacial score (nSPS) is 17.8. The lowest BCUT2D eigenvalue weighted by molar-refractivity contribution is 0.0938. The maximum atomic E-state index is 12.5. The van der Waals surface area contributed by atoms with Crippen molar-refractivity contribution >= 4 is 17.2 Å². The number of hydrogen-bond donors (Lipinski definition) is 1. The fourth-order valence-electron chi connectivity index (χ4n) is 2.88. The van der Waals surface area contributed by atoms with Gasteiger partial charge in [0, 0.05) is 12.0 Å². The first-order valence-electron chi connectivity index (χ1n) is 7.48. The third-order valence-electron chi connectivity index (χ3n) is 4.39. The van der Waals surface area contributed by atoms with Gasteiger partial charge in [0.05, 0.1) is 5.56 Å². The molecular formula is C17H17NO3S. The summed E-state index contributed by atoms with van der Waals surface area (Å²) in [4.78, 5) is 12.5. The second-order valence-electron chi connectivity index (χ2n) is 5.80. The van der Waals surface area contributed by atoms with Crippen molar-refractivity contribution in [2.45, 2.75) is 18.3 Å². The predicted octanol–water partition coefficient (Wildman–Crippen LogP) is 2.98. The van der Waals surface area contributed by atoms with Crippen molar-refractivity contribution in [2.24, 2.45) is 0 Å². The van der Waals surface area contributed by atoms with Crippen LogP contribution < -0.4 is 14.8 Å². The average molecular weight is 315 g/mol. The largest absolute Gasteiger partial charge is 0.486 e. The summed E-state index contributed by atoms with van der Waals surface area (Å²) < 4.78 is 11.1. The molecule has 4 nitrogen and oxygen atoms in total. The number of nitrogens with one attached hydrogen (secondary N) is 1. The number of thiophene rings is 1. The van der Waals surface area contributed by atoms with Gasteiger partial charge < -0.3 is 14.8 Å². The van der Waals surface area contributed by atoms with Crippen molar-refractivity contribution in [3.8, 4) is 11.5 Å². The predicted molar refractivity (Wildman–Crippen MR) is 85.0 cm³/mol. The highest BCUT2D eigenvalue weighted by atomic mass is 32.1. The van der Waals surface area contributed by atoms with Gasteiger partial charge in [0.1, 0.15) is 13.2 Å². The summed E-state index contributed by atoms with van der Waals surface area (Å²) in [5, 5.41) is 7.34. The first kappa shape index (κ1) is 13.6. The molecule has 114 valence electrons. The van der Waals surface area contributed by atoms with Crippen LogP contribution in [0.25, 0.3) is 0 Å². The SMILES string of the molecule is O=C(NCC1(c2ccsc2)CC1)c1cccc2c1OCCO2. The van der Waals surface area contributed by atoms with E-state index in [2.05, 4.69) is 22.1 Å². The number of para-hydroxylation sites is 1. The van der Waals surface area contributed by atoms with Gasteiger partial charge in [0.2, 0.25) is 0 Å². The standard InChI is InChI=1S/C17H17NO3S/c19-16(13-2-1-3-14-15(13)21-8-7-20-14)18-11-17(5-6-17)12-4-9-22-10-12/h1-4,9-10H,5-8,11H2,(H,18,19). The van der Waals surface area contributed by atoms with Crippen molar-refractivity contribution < 1.29 is 14.3 Å². The summed E-state index contributed by atoms with van der Waals surface area (Å²) in [6, 6.07) is 7.60. The Morgan fingerprint density at radius 1 is 1.23 bits per heavy atom. The number of carbonyl (C=O) groups excluding carboxylic acids is 1. The number of ether oxygens (including phenoxy) is 2. The van der Waals surface area contributed by atoms with Crippen LogP contribution in [0.2, 0.25) is 0 Å². The Morgan fingerprint density at radius 2 is 2.09 bits per heavy atom. The number of amides is 1. The molecule has 2 heterocycles. The van der Waals surface area contributed by atoms with Crippen molar-refractivity contribution in [1.82, 2.24) is 5.32 Å². The molecule has 1 aromatic heterocycles. The number of fused-ring (bicyclic) bond motifs is 1. The van der Waals surface area contributed by atoms with Gasteiger partial charge >= 0.3 is 0 Å². The Kier molecular flexibility index (Phi) is 3.30. The fraction of sp³-hybridized carbons (Fsp3) is 0.353. The molecule has 1 fully saturated rings. The molecule has 0 bridgehead atoms. The Morgan fingerprint density at radius 3 is 2.86 bits per heavy atom. The molecule has 1 aliphatic carbocycles. The molecule has 0 atom stereocenters. The monoisotopic (exact) mass is 315 g/mol. The summed E-state index contributed by atoms with van der Waals surface area (Å²) in [5.74, 6) is 1.12. The average Bonchev–Trinajstić information content (AvgIpc) is 3.15. The van der Waals surface area contributed by atoms with Gasteiger partial charge in [0.15, 0.2) is 11.5 Å². The molecule has 1 N–H and O–H groups in total.